The van der Waals surface area contributed by atoms with Gasteiger partial charge >= 0.3 is 0 Å². The highest BCUT2D eigenvalue weighted by Gasteiger charge is 2.21. The quantitative estimate of drug-likeness (QED) is 0.553. The Hall–Kier alpha value is -0.700. The molecule has 1 rings (SSSR count). The molecule has 2 nitrogen and oxygen atoms in total. The highest BCUT2D eigenvalue weighted by molar-refractivity contribution is 5.58. The number of aliphatic hydroxyl groups is 1. The fraction of sp³-hybridized carbons (Fsp3) is 0.571. The molecule has 10 heavy (non-hydrogen) atoms. The van der Waals surface area contributed by atoms with Crippen molar-refractivity contribution in [2.75, 3.05) is 0 Å². The summed E-state index contributed by atoms with van der Waals surface area (Å²) < 4.78 is 12.4. The first-order chi connectivity index (χ1) is 4.74. The lowest BCUT2D eigenvalue weighted by molar-refractivity contribution is -0.112. The van der Waals surface area contributed by atoms with Gasteiger partial charge in [0.1, 0.15) is 6.29 Å². The van der Waals surface area contributed by atoms with Crippen molar-refractivity contribution in [2.24, 2.45) is 5.92 Å². The zero-order valence-electron chi connectivity index (χ0n) is 5.46. The predicted octanol–water partition coefficient (Wildman–Crippen LogP) is 0.810. The summed E-state index contributed by atoms with van der Waals surface area (Å²) in [4.78, 5) is 10.1. The van der Waals surface area contributed by atoms with Gasteiger partial charge < -0.3 is 9.90 Å². The van der Waals surface area contributed by atoms with Crippen LogP contribution in [-0.4, -0.2) is 17.5 Å². The van der Waals surface area contributed by atoms with Crippen molar-refractivity contribution in [3.63, 3.8) is 0 Å². The molecule has 1 aliphatic carbocycles. The van der Waals surface area contributed by atoms with E-state index < -0.39 is 12.0 Å². The van der Waals surface area contributed by atoms with Crippen molar-refractivity contribution in [2.45, 2.75) is 18.9 Å². The number of hydrogen-bond donors (Lipinski definition) is 1. The Morgan fingerprint density at radius 2 is 2.50 bits per heavy atom. The molecule has 0 radical (unpaired) electrons. The topological polar surface area (TPSA) is 37.3 Å². The Bertz CT molecular complexity index is 165. The van der Waals surface area contributed by atoms with Gasteiger partial charge in [0.25, 0.3) is 0 Å². The Kier molecular flexibility index (Phi) is 2.17. The normalized spacial score (nSPS) is 33.2. The lowest BCUT2D eigenvalue weighted by Crippen LogP contribution is -2.23. The third-order valence-electron chi connectivity index (χ3n) is 1.65. The molecule has 0 amide bonds. The second-order valence-electron chi connectivity index (χ2n) is 2.43. The summed E-state index contributed by atoms with van der Waals surface area (Å²) in [5.41, 5.74) is 0. The molecule has 0 aliphatic heterocycles. The maximum Gasteiger partial charge on any atom is 0.129 e. The molecule has 0 aromatic rings. The number of hydrogen-bond acceptors (Lipinski definition) is 2. The van der Waals surface area contributed by atoms with Crippen LogP contribution in [0.15, 0.2) is 11.9 Å². The minimum Gasteiger partial charge on any atom is -0.392 e. The van der Waals surface area contributed by atoms with Crippen LogP contribution in [0.4, 0.5) is 4.39 Å². The monoisotopic (exact) mass is 144 g/mol. The van der Waals surface area contributed by atoms with E-state index in [0.717, 1.165) is 0 Å². The summed E-state index contributed by atoms with van der Waals surface area (Å²) >= 11 is 0. The van der Waals surface area contributed by atoms with Gasteiger partial charge in [-0.3, -0.25) is 0 Å². The Labute approximate surface area is 58.4 Å². The minimum absolute atomic E-state index is 0.255. The van der Waals surface area contributed by atoms with Crippen LogP contribution >= 0.6 is 0 Å². The molecule has 0 aromatic heterocycles. The molecule has 0 heterocycles. The lowest BCUT2D eigenvalue weighted by Gasteiger charge is -2.18. The number of aldehydes is 1. The first-order valence-electron chi connectivity index (χ1n) is 3.23. The zero-order valence-corrected chi connectivity index (χ0v) is 5.46. The summed E-state index contributed by atoms with van der Waals surface area (Å²) in [6.45, 7) is 0. The van der Waals surface area contributed by atoms with Gasteiger partial charge in [-0.2, -0.15) is 0 Å². The molecule has 1 aliphatic rings. The number of carbonyl (C=O) groups is 1. The zero-order chi connectivity index (χ0) is 7.56. The fourth-order valence-electron chi connectivity index (χ4n) is 1.01. The van der Waals surface area contributed by atoms with Gasteiger partial charge in [-0.15, -0.1) is 0 Å². The third kappa shape index (κ3) is 1.42. The van der Waals surface area contributed by atoms with Crippen molar-refractivity contribution in [3.8, 4) is 0 Å². The molecule has 0 fully saturated rings. The van der Waals surface area contributed by atoms with Gasteiger partial charge in [-0.1, -0.05) is 0 Å². The minimum atomic E-state index is -0.683. The summed E-state index contributed by atoms with van der Waals surface area (Å²) in [5, 5.41) is 9.04. The van der Waals surface area contributed by atoms with Crippen LogP contribution in [0.5, 0.6) is 0 Å². The van der Waals surface area contributed by atoms with Crippen LogP contribution in [0.1, 0.15) is 12.8 Å². The number of rotatable bonds is 1. The molecular formula is C7H9FO2. The van der Waals surface area contributed by atoms with E-state index in [1.165, 1.54) is 6.08 Å². The smallest absolute Gasteiger partial charge is 0.129 e. The number of halogens is 1. The molecule has 0 saturated carbocycles. The van der Waals surface area contributed by atoms with Crippen LogP contribution in [0, 0.1) is 5.92 Å². The second-order valence-corrected chi connectivity index (χ2v) is 2.43. The summed E-state index contributed by atoms with van der Waals surface area (Å²) in [7, 11) is 0. The van der Waals surface area contributed by atoms with E-state index in [1.54, 1.807) is 0 Å². The van der Waals surface area contributed by atoms with Crippen LogP contribution in [-0.2, 0) is 4.79 Å². The van der Waals surface area contributed by atoms with Crippen molar-refractivity contribution in [3.05, 3.63) is 11.9 Å². The SMILES string of the molecule is O=CC1C=C(F)CCC1O. The van der Waals surface area contributed by atoms with Crippen molar-refractivity contribution >= 4 is 6.29 Å². The molecule has 3 heteroatoms. The predicted molar refractivity (Wildman–Crippen MR) is 34.0 cm³/mol. The maximum atomic E-state index is 12.4. The Balaban J connectivity index is 2.67. The van der Waals surface area contributed by atoms with E-state index in [2.05, 4.69) is 0 Å². The summed E-state index contributed by atoms with van der Waals surface area (Å²) in [6.07, 6.45) is 1.68. The molecule has 2 atom stereocenters. The molecule has 0 aromatic carbocycles. The van der Waals surface area contributed by atoms with E-state index in [0.29, 0.717) is 12.7 Å². The highest BCUT2D eigenvalue weighted by Crippen LogP contribution is 2.22. The molecule has 0 spiro atoms. The number of allylic oxidation sites excluding steroid dienone is 1. The van der Waals surface area contributed by atoms with E-state index in [1.807, 2.05) is 0 Å². The third-order valence-corrected chi connectivity index (χ3v) is 1.65. The molecular weight excluding hydrogens is 135 g/mol. The van der Waals surface area contributed by atoms with Crippen LogP contribution in [0.2, 0.25) is 0 Å². The second kappa shape index (κ2) is 2.92. The molecule has 0 saturated heterocycles. The number of carbonyl (C=O) groups excluding carboxylic acids is 1. The van der Waals surface area contributed by atoms with Crippen LogP contribution in [0.3, 0.4) is 0 Å². The molecule has 56 valence electrons. The van der Waals surface area contributed by atoms with Gasteiger partial charge in [-0.25, -0.2) is 4.39 Å². The first kappa shape index (κ1) is 7.41. The van der Waals surface area contributed by atoms with Crippen LogP contribution in [0.25, 0.3) is 0 Å². The number of aliphatic hydroxyl groups excluding tert-OH is 1. The van der Waals surface area contributed by atoms with Gasteiger partial charge in [0.15, 0.2) is 0 Å². The first-order valence-corrected chi connectivity index (χ1v) is 3.23. The van der Waals surface area contributed by atoms with Gasteiger partial charge in [-0.05, 0) is 12.5 Å². The molecule has 1 N–H and O–H groups in total. The standard InChI is InChI=1S/C7H9FO2/c8-6-1-2-7(10)5(3-6)4-9/h3-5,7,10H,1-2H2. The van der Waals surface area contributed by atoms with Crippen molar-refractivity contribution in [1.82, 2.24) is 0 Å². The largest absolute Gasteiger partial charge is 0.392 e. The van der Waals surface area contributed by atoms with Gasteiger partial charge in [0.05, 0.1) is 17.8 Å². The van der Waals surface area contributed by atoms with E-state index >= 15 is 0 Å². The van der Waals surface area contributed by atoms with Gasteiger partial charge in [0, 0.05) is 6.42 Å². The van der Waals surface area contributed by atoms with Gasteiger partial charge in [0.2, 0.25) is 0 Å². The molecule has 2 unspecified atom stereocenters. The summed E-state index contributed by atoms with van der Waals surface area (Å²) in [5.74, 6) is -0.920. The van der Waals surface area contributed by atoms with E-state index in [9.17, 15) is 9.18 Å². The lowest BCUT2D eigenvalue weighted by atomic mass is 9.93. The fourth-order valence-corrected chi connectivity index (χ4v) is 1.01. The average Bonchev–Trinajstić information content (AvgIpc) is 1.94. The van der Waals surface area contributed by atoms with Crippen molar-refractivity contribution in [1.29, 1.82) is 0 Å². The van der Waals surface area contributed by atoms with Crippen molar-refractivity contribution < 1.29 is 14.3 Å². The average molecular weight is 144 g/mol. The van der Waals surface area contributed by atoms with E-state index in [4.69, 9.17) is 5.11 Å². The Morgan fingerprint density at radius 1 is 1.80 bits per heavy atom. The Morgan fingerprint density at radius 3 is 3.00 bits per heavy atom. The highest BCUT2D eigenvalue weighted by atomic mass is 19.1. The molecule has 0 bridgehead atoms. The van der Waals surface area contributed by atoms with E-state index in [-0.39, 0.29) is 12.2 Å². The maximum absolute atomic E-state index is 12.4. The summed E-state index contributed by atoms with van der Waals surface area (Å²) in [6, 6.07) is 0. The van der Waals surface area contributed by atoms with Crippen LogP contribution < -0.4 is 0 Å².